The van der Waals surface area contributed by atoms with Crippen molar-refractivity contribution in [2.75, 3.05) is 18.1 Å². The van der Waals surface area contributed by atoms with Gasteiger partial charge in [-0.15, -0.1) is 0 Å². The van der Waals surface area contributed by atoms with Gasteiger partial charge in [0.1, 0.15) is 5.69 Å². The fourth-order valence-corrected chi connectivity index (χ4v) is 3.38. The number of carbonyl (C=O) groups excluding carboxylic acids is 1. The molecular formula is C17H20N4O. The molecule has 1 fully saturated rings. The summed E-state index contributed by atoms with van der Waals surface area (Å²) in [6, 6.07) is 12.2. The molecule has 2 aromatic rings. The Morgan fingerprint density at radius 3 is 2.82 bits per heavy atom. The Hall–Kier alpha value is -2.27. The largest absolute Gasteiger partial charge is 0.355 e. The van der Waals surface area contributed by atoms with Gasteiger partial charge in [0.15, 0.2) is 0 Å². The molecule has 0 aliphatic carbocycles. The first-order valence-electron chi connectivity index (χ1n) is 7.83. The summed E-state index contributed by atoms with van der Waals surface area (Å²) in [5.74, 6) is 0.0816. The Labute approximate surface area is 129 Å². The summed E-state index contributed by atoms with van der Waals surface area (Å²) in [6.45, 7) is 2.32. The maximum atomic E-state index is 12.7. The molecule has 2 aliphatic heterocycles. The molecule has 3 heterocycles. The molecule has 5 nitrogen and oxygen atoms in total. The van der Waals surface area contributed by atoms with Crippen LogP contribution in [0.25, 0.3) is 0 Å². The summed E-state index contributed by atoms with van der Waals surface area (Å²) in [4.78, 5) is 20.0. The lowest BCUT2D eigenvalue weighted by molar-refractivity contribution is 0.0716. The van der Waals surface area contributed by atoms with E-state index in [1.54, 1.807) is 0 Å². The van der Waals surface area contributed by atoms with Gasteiger partial charge in [-0.1, -0.05) is 30.3 Å². The average Bonchev–Trinajstić information content (AvgIpc) is 3.22. The van der Waals surface area contributed by atoms with Gasteiger partial charge in [-0.05, 0) is 31.0 Å². The number of hydrogen-bond acceptors (Lipinski definition) is 3. The summed E-state index contributed by atoms with van der Waals surface area (Å²) in [6.07, 6.45) is 4.49. The van der Waals surface area contributed by atoms with Crippen LogP contribution in [0.3, 0.4) is 0 Å². The summed E-state index contributed by atoms with van der Waals surface area (Å²) in [5, 5.41) is 3.53. The van der Waals surface area contributed by atoms with Crippen LogP contribution in [0.4, 0.5) is 5.69 Å². The maximum Gasteiger partial charge on any atom is 0.274 e. The zero-order chi connectivity index (χ0) is 14.9. The van der Waals surface area contributed by atoms with Gasteiger partial charge in [0, 0.05) is 12.7 Å². The van der Waals surface area contributed by atoms with Gasteiger partial charge in [-0.3, -0.25) is 10.1 Å². The van der Waals surface area contributed by atoms with Crippen LogP contribution >= 0.6 is 0 Å². The molecule has 0 bridgehead atoms. The SMILES string of the molecule is O=C1c2[nH]ccc2N(C2CCCN2)CN1Cc1ccccc1. The molecule has 1 amide bonds. The highest BCUT2D eigenvalue weighted by Gasteiger charge is 2.34. The molecule has 0 spiro atoms. The van der Waals surface area contributed by atoms with Crippen molar-refractivity contribution < 1.29 is 4.79 Å². The minimum absolute atomic E-state index is 0.0816. The molecule has 1 atom stereocenters. The topological polar surface area (TPSA) is 51.4 Å². The zero-order valence-corrected chi connectivity index (χ0v) is 12.5. The van der Waals surface area contributed by atoms with E-state index in [4.69, 9.17) is 0 Å². The van der Waals surface area contributed by atoms with E-state index in [0.29, 0.717) is 25.1 Å². The summed E-state index contributed by atoms with van der Waals surface area (Å²) >= 11 is 0. The van der Waals surface area contributed by atoms with Crippen molar-refractivity contribution in [1.29, 1.82) is 0 Å². The van der Waals surface area contributed by atoms with Crippen LogP contribution in [0.5, 0.6) is 0 Å². The molecule has 114 valence electrons. The Bertz CT molecular complexity index is 660. The van der Waals surface area contributed by atoms with Crippen LogP contribution in [-0.2, 0) is 6.54 Å². The zero-order valence-electron chi connectivity index (χ0n) is 12.5. The quantitative estimate of drug-likeness (QED) is 0.912. The minimum Gasteiger partial charge on any atom is -0.355 e. The highest BCUT2D eigenvalue weighted by Crippen LogP contribution is 2.30. The van der Waals surface area contributed by atoms with E-state index in [2.05, 4.69) is 27.3 Å². The third-order valence-electron chi connectivity index (χ3n) is 4.49. The van der Waals surface area contributed by atoms with Crippen LogP contribution in [0, 0.1) is 0 Å². The van der Waals surface area contributed by atoms with E-state index in [0.717, 1.165) is 24.2 Å². The van der Waals surface area contributed by atoms with Gasteiger partial charge in [0.05, 0.1) is 18.5 Å². The van der Waals surface area contributed by atoms with Crippen molar-refractivity contribution in [3.05, 3.63) is 53.9 Å². The number of carbonyl (C=O) groups is 1. The number of aromatic amines is 1. The number of rotatable bonds is 3. The third kappa shape index (κ3) is 2.27. The van der Waals surface area contributed by atoms with Gasteiger partial charge in [0.25, 0.3) is 5.91 Å². The van der Waals surface area contributed by atoms with Crippen LogP contribution < -0.4 is 10.2 Å². The first kappa shape index (κ1) is 13.4. The summed E-state index contributed by atoms with van der Waals surface area (Å²) in [7, 11) is 0. The number of anilines is 1. The summed E-state index contributed by atoms with van der Waals surface area (Å²) < 4.78 is 0. The number of H-pyrrole nitrogens is 1. The lowest BCUT2D eigenvalue weighted by Crippen LogP contribution is -2.53. The monoisotopic (exact) mass is 296 g/mol. The second-order valence-corrected chi connectivity index (χ2v) is 5.95. The number of hydrogen-bond donors (Lipinski definition) is 2. The van der Waals surface area contributed by atoms with Gasteiger partial charge in [-0.25, -0.2) is 0 Å². The highest BCUT2D eigenvalue weighted by atomic mass is 16.2. The van der Waals surface area contributed by atoms with Crippen molar-refractivity contribution in [1.82, 2.24) is 15.2 Å². The minimum atomic E-state index is 0.0816. The van der Waals surface area contributed by atoms with E-state index in [9.17, 15) is 4.79 Å². The first-order chi connectivity index (χ1) is 10.8. The molecular weight excluding hydrogens is 276 g/mol. The number of nitrogens with zero attached hydrogens (tertiary/aromatic N) is 2. The average molecular weight is 296 g/mol. The Morgan fingerprint density at radius 2 is 2.05 bits per heavy atom. The van der Waals surface area contributed by atoms with Gasteiger partial charge in [0.2, 0.25) is 0 Å². The third-order valence-corrected chi connectivity index (χ3v) is 4.49. The van der Waals surface area contributed by atoms with Crippen molar-refractivity contribution in [3.63, 3.8) is 0 Å². The maximum absolute atomic E-state index is 12.7. The van der Waals surface area contributed by atoms with E-state index in [1.165, 1.54) is 6.42 Å². The first-order valence-corrected chi connectivity index (χ1v) is 7.83. The van der Waals surface area contributed by atoms with Gasteiger partial charge in [-0.2, -0.15) is 0 Å². The van der Waals surface area contributed by atoms with Crippen LogP contribution in [0.2, 0.25) is 0 Å². The van der Waals surface area contributed by atoms with Crippen LogP contribution in [0.1, 0.15) is 28.9 Å². The molecule has 1 saturated heterocycles. The molecule has 2 N–H and O–H groups in total. The molecule has 4 rings (SSSR count). The second kappa shape index (κ2) is 5.50. The molecule has 1 unspecified atom stereocenters. The normalized spacial score (nSPS) is 21.3. The Morgan fingerprint density at radius 1 is 1.18 bits per heavy atom. The molecule has 5 heteroatoms. The molecule has 1 aromatic heterocycles. The number of aromatic nitrogens is 1. The molecule has 1 aromatic carbocycles. The number of benzene rings is 1. The van der Waals surface area contributed by atoms with Crippen molar-refractivity contribution in [2.24, 2.45) is 0 Å². The molecule has 2 aliphatic rings. The predicted molar refractivity (Wildman–Crippen MR) is 85.5 cm³/mol. The van der Waals surface area contributed by atoms with Gasteiger partial charge < -0.3 is 14.8 Å². The predicted octanol–water partition coefficient (Wildman–Crippen LogP) is 2.14. The van der Waals surface area contributed by atoms with E-state index in [-0.39, 0.29) is 5.91 Å². The van der Waals surface area contributed by atoms with Crippen molar-refractivity contribution >= 4 is 11.6 Å². The highest BCUT2D eigenvalue weighted by molar-refractivity contribution is 6.00. The fourth-order valence-electron chi connectivity index (χ4n) is 3.38. The smallest absolute Gasteiger partial charge is 0.274 e. The lowest BCUT2D eigenvalue weighted by Gasteiger charge is -2.40. The van der Waals surface area contributed by atoms with E-state index in [1.807, 2.05) is 35.4 Å². The number of fused-ring (bicyclic) bond motifs is 1. The fraction of sp³-hybridized carbons (Fsp3) is 0.353. The Kier molecular flexibility index (Phi) is 3.35. The second-order valence-electron chi connectivity index (χ2n) is 5.95. The number of amides is 1. The molecule has 0 saturated carbocycles. The van der Waals surface area contributed by atoms with Crippen LogP contribution in [-0.4, -0.2) is 35.2 Å². The molecule has 0 radical (unpaired) electrons. The van der Waals surface area contributed by atoms with Crippen LogP contribution in [0.15, 0.2) is 42.6 Å². The van der Waals surface area contributed by atoms with Crippen molar-refractivity contribution in [2.45, 2.75) is 25.6 Å². The van der Waals surface area contributed by atoms with Gasteiger partial charge >= 0.3 is 0 Å². The molecule has 22 heavy (non-hydrogen) atoms. The summed E-state index contributed by atoms with van der Waals surface area (Å²) in [5.41, 5.74) is 2.88. The lowest BCUT2D eigenvalue weighted by atomic mass is 10.1. The number of nitrogens with one attached hydrogen (secondary N) is 2. The Balaban J connectivity index is 1.62. The standard InChI is InChI=1S/C17H20N4O/c22-17-16-14(8-10-19-16)21(15-7-4-9-18-15)12-20(17)11-13-5-2-1-3-6-13/h1-3,5-6,8,10,15,18-19H,4,7,9,11-12H2. The van der Waals surface area contributed by atoms with Crippen molar-refractivity contribution in [3.8, 4) is 0 Å². The van der Waals surface area contributed by atoms with E-state index < -0.39 is 0 Å². The van der Waals surface area contributed by atoms with E-state index >= 15 is 0 Å².